The summed E-state index contributed by atoms with van der Waals surface area (Å²) in [5.41, 5.74) is 2.23. The zero-order valence-corrected chi connectivity index (χ0v) is 14.5. The molecule has 132 valence electrons. The molecule has 25 heavy (non-hydrogen) atoms. The summed E-state index contributed by atoms with van der Waals surface area (Å²) in [6.07, 6.45) is 4.68. The smallest absolute Gasteiger partial charge is 0.222 e. The molecular weight excluding hydrogens is 316 g/mol. The van der Waals surface area contributed by atoms with Crippen LogP contribution in [-0.4, -0.2) is 47.7 Å². The second-order valence-electron chi connectivity index (χ2n) is 6.48. The Labute approximate surface area is 148 Å². The van der Waals surface area contributed by atoms with E-state index in [1.54, 1.807) is 19.5 Å². The molecule has 0 bridgehead atoms. The van der Waals surface area contributed by atoms with Crippen molar-refractivity contribution in [2.45, 2.75) is 18.8 Å². The van der Waals surface area contributed by atoms with E-state index < -0.39 is 0 Å². The van der Waals surface area contributed by atoms with E-state index in [1.165, 1.54) is 0 Å². The highest BCUT2D eigenvalue weighted by Gasteiger charge is 2.35. The van der Waals surface area contributed by atoms with Crippen LogP contribution < -0.4 is 4.74 Å². The molecule has 5 nitrogen and oxygen atoms in total. The topological polar surface area (TPSA) is 62.7 Å². The van der Waals surface area contributed by atoms with E-state index in [0.29, 0.717) is 25.9 Å². The molecule has 2 aromatic rings. The minimum atomic E-state index is 0.0863. The van der Waals surface area contributed by atoms with Gasteiger partial charge in [-0.05, 0) is 41.8 Å². The number of nitrogens with zero attached hydrogens (tertiary/aromatic N) is 2. The maximum atomic E-state index is 12.6. The van der Waals surface area contributed by atoms with Gasteiger partial charge in [0.1, 0.15) is 5.75 Å². The van der Waals surface area contributed by atoms with Crippen LogP contribution in [0.2, 0.25) is 0 Å². The van der Waals surface area contributed by atoms with Crippen molar-refractivity contribution in [1.82, 2.24) is 9.88 Å². The molecule has 3 rings (SSSR count). The van der Waals surface area contributed by atoms with Crippen molar-refractivity contribution in [1.29, 1.82) is 0 Å². The lowest BCUT2D eigenvalue weighted by Crippen LogP contribution is -2.29. The molecule has 1 amide bonds. The number of aryl methyl sites for hydroxylation is 1. The molecule has 1 aromatic heterocycles. The fourth-order valence-electron chi connectivity index (χ4n) is 3.49. The molecule has 2 heterocycles. The third kappa shape index (κ3) is 4.17. The molecule has 1 fully saturated rings. The molecule has 2 atom stereocenters. The van der Waals surface area contributed by atoms with Crippen LogP contribution in [0.5, 0.6) is 5.75 Å². The highest BCUT2D eigenvalue weighted by atomic mass is 16.5. The number of aliphatic hydroxyl groups is 1. The number of aliphatic hydroxyl groups excluding tert-OH is 1. The highest BCUT2D eigenvalue weighted by Crippen LogP contribution is 2.32. The van der Waals surface area contributed by atoms with Crippen molar-refractivity contribution < 1.29 is 14.6 Å². The number of methoxy groups -OCH3 is 1. The number of hydrogen-bond donors (Lipinski definition) is 1. The fraction of sp³-hybridized carbons (Fsp3) is 0.400. The SMILES string of the molecule is COc1cccc(CCC(=O)N2CC(CO)C(c3ccncc3)C2)c1. The third-order valence-corrected chi connectivity index (χ3v) is 4.92. The number of pyridine rings is 1. The number of likely N-dealkylation sites (tertiary alicyclic amines) is 1. The largest absolute Gasteiger partial charge is 0.497 e. The summed E-state index contributed by atoms with van der Waals surface area (Å²) in [5, 5.41) is 9.70. The van der Waals surface area contributed by atoms with Crippen molar-refractivity contribution in [2.24, 2.45) is 5.92 Å². The summed E-state index contributed by atoms with van der Waals surface area (Å²) in [5.74, 6) is 1.21. The molecule has 1 aromatic carbocycles. The minimum Gasteiger partial charge on any atom is -0.497 e. The molecule has 2 unspecified atom stereocenters. The van der Waals surface area contributed by atoms with E-state index in [4.69, 9.17) is 4.74 Å². The van der Waals surface area contributed by atoms with E-state index in [2.05, 4.69) is 4.98 Å². The molecule has 0 radical (unpaired) electrons. The lowest BCUT2D eigenvalue weighted by Gasteiger charge is -2.17. The van der Waals surface area contributed by atoms with Gasteiger partial charge in [-0.2, -0.15) is 0 Å². The van der Waals surface area contributed by atoms with E-state index in [-0.39, 0.29) is 24.3 Å². The van der Waals surface area contributed by atoms with Gasteiger partial charge in [0.15, 0.2) is 0 Å². The van der Waals surface area contributed by atoms with Gasteiger partial charge in [-0.25, -0.2) is 0 Å². The normalized spacial score (nSPS) is 19.8. The number of carbonyl (C=O) groups excluding carboxylic acids is 1. The Bertz CT molecular complexity index is 705. The number of benzene rings is 1. The predicted molar refractivity (Wildman–Crippen MR) is 95.4 cm³/mol. The van der Waals surface area contributed by atoms with Gasteiger partial charge in [0, 0.05) is 50.3 Å². The van der Waals surface area contributed by atoms with Gasteiger partial charge >= 0.3 is 0 Å². The minimum absolute atomic E-state index is 0.0863. The van der Waals surface area contributed by atoms with Crippen LogP contribution in [0.4, 0.5) is 0 Å². The summed E-state index contributed by atoms with van der Waals surface area (Å²) in [6.45, 7) is 1.36. The number of rotatable bonds is 6. The summed E-state index contributed by atoms with van der Waals surface area (Å²) in [4.78, 5) is 18.5. The van der Waals surface area contributed by atoms with E-state index >= 15 is 0 Å². The number of hydrogen-bond acceptors (Lipinski definition) is 4. The van der Waals surface area contributed by atoms with Crippen LogP contribution in [-0.2, 0) is 11.2 Å². The Morgan fingerprint density at radius 2 is 2.08 bits per heavy atom. The van der Waals surface area contributed by atoms with Gasteiger partial charge in [0.25, 0.3) is 0 Å². The second-order valence-corrected chi connectivity index (χ2v) is 6.48. The number of ether oxygens (including phenoxy) is 1. The molecule has 5 heteroatoms. The van der Waals surface area contributed by atoms with Crippen molar-refractivity contribution in [3.05, 3.63) is 59.9 Å². The van der Waals surface area contributed by atoms with Crippen molar-refractivity contribution >= 4 is 5.91 Å². The standard InChI is InChI=1S/C20H24N2O3/c1-25-18-4-2-3-15(11-18)5-6-20(24)22-12-17(14-23)19(13-22)16-7-9-21-10-8-16/h2-4,7-11,17,19,23H,5-6,12-14H2,1H3. The van der Waals surface area contributed by atoms with Crippen LogP contribution in [0.3, 0.4) is 0 Å². The van der Waals surface area contributed by atoms with Gasteiger partial charge in [-0.1, -0.05) is 12.1 Å². The third-order valence-electron chi connectivity index (χ3n) is 4.92. The monoisotopic (exact) mass is 340 g/mol. The highest BCUT2D eigenvalue weighted by molar-refractivity contribution is 5.77. The zero-order valence-electron chi connectivity index (χ0n) is 14.5. The predicted octanol–water partition coefficient (Wildman–Crippen LogP) is 2.26. The first kappa shape index (κ1) is 17.4. The van der Waals surface area contributed by atoms with Crippen LogP contribution >= 0.6 is 0 Å². The average molecular weight is 340 g/mol. The molecular formula is C20H24N2O3. The lowest BCUT2D eigenvalue weighted by atomic mass is 9.90. The summed E-state index contributed by atoms with van der Waals surface area (Å²) in [6, 6.07) is 11.8. The second kappa shape index (κ2) is 8.12. The van der Waals surface area contributed by atoms with E-state index in [9.17, 15) is 9.90 Å². The quantitative estimate of drug-likeness (QED) is 0.876. The first-order valence-corrected chi connectivity index (χ1v) is 8.62. The van der Waals surface area contributed by atoms with Gasteiger partial charge < -0.3 is 14.7 Å². The first-order chi connectivity index (χ1) is 12.2. The van der Waals surface area contributed by atoms with E-state index in [1.807, 2.05) is 41.3 Å². The van der Waals surface area contributed by atoms with Crippen LogP contribution in [0, 0.1) is 5.92 Å². The molecule has 0 saturated carbocycles. The van der Waals surface area contributed by atoms with Crippen LogP contribution in [0.15, 0.2) is 48.8 Å². The Morgan fingerprint density at radius 1 is 1.28 bits per heavy atom. The Kier molecular flexibility index (Phi) is 5.66. The Balaban J connectivity index is 1.61. The maximum Gasteiger partial charge on any atom is 0.222 e. The number of amides is 1. The maximum absolute atomic E-state index is 12.6. The number of aromatic nitrogens is 1. The van der Waals surface area contributed by atoms with Gasteiger partial charge in [0.05, 0.1) is 7.11 Å². The molecule has 1 aliphatic rings. The summed E-state index contributed by atoms with van der Waals surface area (Å²) >= 11 is 0. The van der Waals surface area contributed by atoms with Crippen molar-refractivity contribution in [3.8, 4) is 5.75 Å². The van der Waals surface area contributed by atoms with Crippen molar-refractivity contribution in [3.63, 3.8) is 0 Å². The molecule has 1 saturated heterocycles. The molecule has 1 aliphatic heterocycles. The molecule has 0 aliphatic carbocycles. The van der Waals surface area contributed by atoms with Crippen LogP contribution in [0.1, 0.15) is 23.5 Å². The Morgan fingerprint density at radius 3 is 2.80 bits per heavy atom. The summed E-state index contributed by atoms with van der Waals surface area (Å²) < 4.78 is 5.22. The number of carbonyl (C=O) groups is 1. The van der Waals surface area contributed by atoms with Crippen LogP contribution in [0.25, 0.3) is 0 Å². The molecule has 1 N–H and O–H groups in total. The van der Waals surface area contributed by atoms with Gasteiger partial charge in [-0.3, -0.25) is 9.78 Å². The first-order valence-electron chi connectivity index (χ1n) is 8.62. The fourth-order valence-corrected chi connectivity index (χ4v) is 3.49. The van der Waals surface area contributed by atoms with Gasteiger partial charge in [0.2, 0.25) is 5.91 Å². The lowest BCUT2D eigenvalue weighted by molar-refractivity contribution is -0.130. The van der Waals surface area contributed by atoms with Crippen molar-refractivity contribution in [2.75, 3.05) is 26.8 Å². The molecule has 0 spiro atoms. The summed E-state index contributed by atoms with van der Waals surface area (Å²) in [7, 11) is 1.64. The van der Waals surface area contributed by atoms with Gasteiger partial charge in [-0.15, -0.1) is 0 Å². The Hall–Kier alpha value is -2.40. The zero-order chi connectivity index (χ0) is 17.6. The average Bonchev–Trinajstić information content (AvgIpc) is 3.11. The van der Waals surface area contributed by atoms with E-state index in [0.717, 1.165) is 16.9 Å².